The van der Waals surface area contributed by atoms with Crippen molar-refractivity contribution in [1.29, 1.82) is 0 Å². The quantitative estimate of drug-likeness (QED) is 0.238. The monoisotopic (exact) mass is 484 g/mol. The number of nitrogens with zero attached hydrogens (tertiary/aromatic N) is 3. The van der Waals surface area contributed by atoms with Crippen LogP contribution in [-0.2, 0) is 18.4 Å². The number of methoxy groups -OCH3 is 3. The number of rotatable bonds is 12. The van der Waals surface area contributed by atoms with Crippen molar-refractivity contribution in [1.82, 2.24) is 20.1 Å². The number of nitrogens with one attached hydrogen (secondary N) is 1. The van der Waals surface area contributed by atoms with E-state index in [1.165, 1.54) is 17.8 Å². The van der Waals surface area contributed by atoms with Crippen LogP contribution >= 0.6 is 11.8 Å². The van der Waals surface area contributed by atoms with Gasteiger partial charge < -0.3 is 28.8 Å². The van der Waals surface area contributed by atoms with Gasteiger partial charge in [0.15, 0.2) is 22.5 Å². The zero-order chi connectivity index (χ0) is 24.3. The minimum absolute atomic E-state index is 0.236. The number of hydrogen-bond donors (Lipinski definition) is 1. The highest BCUT2D eigenvalue weighted by Gasteiger charge is 2.10. The van der Waals surface area contributed by atoms with Gasteiger partial charge in [-0.05, 0) is 48.0 Å². The van der Waals surface area contributed by atoms with Crippen LogP contribution in [0.3, 0.4) is 0 Å². The molecule has 180 valence electrons. The van der Waals surface area contributed by atoms with Gasteiger partial charge in [0, 0.05) is 18.9 Å². The minimum atomic E-state index is -0.236. The number of hydrogen-bond acceptors (Lipinski definition) is 8. The van der Waals surface area contributed by atoms with E-state index in [4.69, 9.17) is 18.9 Å². The minimum Gasteiger partial charge on any atom is -0.497 e. The maximum Gasteiger partial charge on any atom is 0.244 e. The van der Waals surface area contributed by atoms with Gasteiger partial charge in [-0.3, -0.25) is 4.79 Å². The largest absolute Gasteiger partial charge is 0.497 e. The van der Waals surface area contributed by atoms with Gasteiger partial charge in [0.2, 0.25) is 5.91 Å². The van der Waals surface area contributed by atoms with Crippen LogP contribution in [0.4, 0.5) is 0 Å². The van der Waals surface area contributed by atoms with Crippen molar-refractivity contribution in [2.45, 2.75) is 11.7 Å². The van der Waals surface area contributed by atoms with Crippen LogP contribution in [0.2, 0.25) is 0 Å². The maximum atomic E-state index is 12.2. The predicted molar refractivity (Wildman–Crippen MR) is 131 cm³/mol. The number of ether oxygens (including phenoxy) is 4. The predicted octanol–water partition coefficient (Wildman–Crippen LogP) is 3.34. The molecule has 0 saturated carbocycles. The number of thioether (sulfide) groups is 1. The summed E-state index contributed by atoms with van der Waals surface area (Å²) in [5.74, 6) is 3.93. The zero-order valence-corrected chi connectivity index (χ0v) is 20.4. The fourth-order valence-corrected chi connectivity index (χ4v) is 3.69. The first-order valence-corrected chi connectivity index (χ1v) is 11.5. The number of carbonyl (C=O) groups is 1. The summed E-state index contributed by atoms with van der Waals surface area (Å²) in [6.07, 6.45) is 3.17. The molecule has 3 rings (SSSR count). The van der Waals surface area contributed by atoms with Crippen LogP contribution in [0.15, 0.2) is 53.7 Å². The van der Waals surface area contributed by atoms with Gasteiger partial charge in [-0.2, -0.15) is 0 Å². The van der Waals surface area contributed by atoms with E-state index in [1.807, 2.05) is 41.9 Å². The number of carbonyl (C=O) groups excluding carboxylic acids is 1. The lowest BCUT2D eigenvalue weighted by molar-refractivity contribution is -0.116. The van der Waals surface area contributed by atoms with Crippen molar-refractivity contribution in [3.05, 3.63) is 59.9 Å². The lowest BCUT2D eigenvalue weighted by Crippen LogP contribution is -2.22. The molecule has 0 aliphatic rings. The van der Waals surface area contributed by atoms with Gasteiger partial charge in [-0.1, -0.05) is 17.8 Å². The molecule has 0 radical (unpaired) electrons. The van der Waals surface area contributed by atoms with Crippen LogP contribution in [0.1, 0.15) is 11.4 Å². The second kappa shape index (κ2) is 12.5. The Morgan fingerprint density at radius 3 is 2.44 bits per heavy atom. The summed E-state index contributed by atoms with van der Waals surface area (Å²) in [6.45, 7) is 0.790. The van der Waals surface area contributed by atoms with E-state index in [9.17, 15) is 4.79 Å². The standard InChI is InChI=1S/C24H28N4O5S/c1-28-22(16-25-23(29)12-6-17-5-11-20(31-3)21(15-17)32-4)26-27-24(28)34-14-13-33-19-9-7-18(30-2)8-10-19/h5-12,15H,13-14,16H2,1-4H3,(H,25,29). The molecule has 0 bridgehead atoms. The van der Waals surface area contributed by atoms with Crippen LogP contribution in [0, 0.1) is 0 Å². The van der Waals surface area contributed by atoms with Crippen molar-refractivity contribution < 1.29 is 23.7 Å². The topological polar surface area (TPSA) is 96.7 Å². The summed E-state index contributed by atoms with van der Waals surface area (Å²) < 4.78 is 23.2. The van der Waals surface area contributed by atoms with E-state index in [1.54, 1.807) is 39.5 Å². The Hall–Kier alpha value is -3.66. The van der Waals surface area contributed by atoms with Gasteiger partial charge in [-0.25, -0.2) is 0 Å². The van der Waals surface area contributed by atoms with Gasteiger partial charge in [0.25, 0.3) is 0 Å². The van der Waals surface area contributed by atoms with Crippen LogP contribution in [-0.4, -0.2) is 54.4 Å². The molecule has 9 nitrogen and oxygen atoms in total. The third-order valence-corrected chi connectivity index (χ3v) is 5.81. The van der Waals surface area contributed by atoms with Crippen molar-refractivity contribution in [3.63, 3.8) is 0 Å². The van der Waals surface area contributed by atoms with Crippen molar-refractivity contribution in [2.75, 3.05) is 33.7 Å². The summed E-state index contributed by atoms with van der Waals surface area (Å²) in [4.78, 5) is 12.2. The third kappa shape index (κ3) is 6.92. The van der Waals surface area contributed by atoms with E-state index in [0.717, 1.165) is 22.2 Å². The summed E-state index contributed by atoms with van der Waals surface area (Å²) >= 11 is 1.53. The Bertz CT molecular complexity index is 1120. The fraction of sp³-hybridized carbons (Fsp3) is 0.292. The molecule has 0 saturated heterocycles. The van der Waals surface area contributed by atoms with Gasteiger partial charge in [0.05, 0.1) is 34.5 Å². The van der Waals surface area contributed by atoms with E-state index >= 15 is 0 Å². The summed E-state index contributed by atoms with van der Waals surface area (Å²) in [5, 5.41) is 11.9. The first-order valence-electron chi connectivity index (χ1n) is 10.5. The molecule has 1 aromatic heterocycles. The SMILES string of the molecule is COc1ccc(OCCSc2nnc(CNC(=O)C=Cc3ccc(OC)c(OC)c3)n2C)cc1. The Morgan fingerprint density at radius 2 is 1.74 bits per heavy atom. The smallest absolute Gasteiger partial charge is 0.244 e. The average molecular weight is 485 g/mol. The maximum absolute atomic E-state index is 12.2. The number of amides is 1. The molecule has 0 spiro atoms. The van der Waals surface area contributed by atoms with Crippen LogP contribution in [0.25, 0.3) is 6.08 Å². The molecule has 34 heavy (non-hydrogen) atoms. The molecule has 1 N–H and O–H groups in total. The first kappa shape index (κ1) is 25.0. The van der Waals surface area contributed by atoms with E-state index < -0.39 is 0 Å². The van der Waals surface area contributed by atoms with Crippen molar-refractivity contribution in [2.24, 2.45) is 7.05 Å². The Labute approximate surface area is 203 Å². The van der Waals surface area contributed by atoms with Crippen LogP contribution < -0.4 is 24.3 Å². The van der Waals surface area contributed by atoms with Crippen molar-refractivity contribution in [3.8, 4) is 23.0 Å². The molecular formula is C24H28N4O5S. The molecule has 0 fully saturated rings. The molecule has 0 aliphatic heterocycles. The molecule has 1 amide bonds. The lowest BCUT2D eigenvalue weighted by Gasteiger charge is -2.08. The Morgan fingerprint density at radius 1 is 1.00 bits per heavy atom. The van der Waals surface area contributed by atoms with Gasteiger partial charge in [0.1, 0.15) is 11.5 Å². The Balaban J connectivity index is 1.44. The molecule has 0 atom stereocenters. The summed E-state index contributed by atoms with van der Waals surface area (Å²) in [6, 6.07) is 12.9. The van der Waals surface area contributed by atoms with Crippen molar-refractivity contribution >= 4 is 23.7 Å². The molecule has 1 heterocycles. The fourth-order valence-electron chi connectivity index (χ4n) is 2.94. The highest BCUT2D eigenvalue weighted by Crippen LogP contribution is 2.28. The molecule has 0 aliphatic carbocycles. The second-order valence-electron chi connectivity index (χ2n) is 7.00. The number of benzene rings is 2. The molecule has 10 heteroatoms. The third-order valence-electron chi connectivity index (χ3n) is 4.82. The molecule has 2 aromatic carbocycles. The van der Waals surface area contributed by atoms with Gasteiger partial charge in [-0.15, -0.1) is 10.2 Å². The molecule has 3 aromatic rings. The normalized spacial score (nSPS) is 10.8. The Kier molecular flexibility index (Phi) is 9.21. The van der Waals surface area contributed by atoms with E-state index in [2.05, 4.69) is 15.5 Å². The summed E-state index contributed by atoms with van der Waals surface area (Å²) in [7, 11) is 6.64. The lowest BCUT2D eigenvalue weighted by atomic mass is 10.2. The highest BCUT2D eigenvalue weighted by molar-refractivity contribution is 7.99. The second-order valence-corrected chi connectivity index (χ2v) is 8.06. The number of aromatic nitrogens is 3. The highest BCUT2D eigenvalue weighted by atomic mass is 32.2. The zero-order valence-electron chi connectivity index (χ0n) is 19.6. The van der Waals surface area contributed by atoms with Crippen LogP contribution in [0.5, 0.6) is 23.0 Å². The summed E-state index contributed by atoms with van der Waals surface area (Å²) in [5.41, 5.74) is 0.821. The first-order chi connectivity index (χ1) is 16.5. The molecule has 0 unspecified atom stereocenters. The van der Waals surface area contributed by atoms with Gasteiger partial charge >= 0.3 is 0 Å². The van der Waals surface area contributed by atoms with E-state index in [0.29, 0.717) is 29.7 Å². The average Bonchev–Trinajstić information content (AvgIpc) is 3.23. The van der Waals surface area contributed by atoms with E-state index in [-0.39, 0.29) is 12.5 Å². The molecular weight excluding hydrogens is 456 g/mol.